The molecule has 7 heteroatoms. The number of furan rings is 1. The van der Waals surface area contributed by atoms with E-state index in [1.807, 2.05) is 37.3 Å². The number of carbonyl (C=O) groups is 1. The second-order valence-corrected chi connectivity index (χ2v) is 7.67. The Morgan fingerprint density at radius 2 is 1.90 bits per heavy atom. The first-order valence-corrected chi connectivity index (χ1v) is 10.0. The molecule has 0 unspecified atom stereocenters. The van der Waals surface area contributed by atoms with E-state index >= 15 is 0 Å². The van der Waals surface area contributed by atoms with Gasteiger partial charge in [-0.3, -0.25) is 10.2 Å². The van der Waals surface area contributed by atoms with Crippen molar-refractivity contribution in [1.29, 1.82) is 0 Å². The summed E-state index contributed by atoms with van der Waals surface area (Å²) in [6.45, 7) is 1.88. The molecule has 0 radical (unpaired) electrons. The molecule has 4 rings (SSSR count). The second kappa shape index (κ2) is 8.31. The molecule has 29 heavy (non-hydrogen) atoms. The quantitative estimate of drug-likeness (QED) is 0.480. The molecule has 1 heterocycles. The maximum absolute atomic E-state index is 12.8. The summed E-state index contributed by atoms with van der Waals surface area (Å²) in [5.41, 5.74) is 6.99. The fraction of sp³-hybridized carbons (Fsp3) is 0.182. The van der Waals surface area contributed by atoms with Crippen LogP contribution in [0.3, 0.4) is 0 Å². The highest BCUT2D eigenvalue weighted by Crippen LogP contribution is 2.32. The van der Waals surface area contributed by atoms with Crippen molar-refractivity contribution in [1.82, 2.24) is 0 Å². The van der Waals surface area contributed by atoms with E-state index in [1.165, 1.54) is 0 Å². The van der Waals surface area contributed by atoms with E-state index < -0.39 is 0 Å². The monoisotopic (exact) mass is 427 g/mol. The second-order valence-electron chi connectivity index (χ2n) is 6.82. The van der Waals surface area contributed by atoms with Gasteiger partial charge in [0, 0.05) is 22.6 Å². The Morgan fingerprint density at radius 1 is 1.10 bits per heavy atom. The van der Waals surface area contributed by atoms with E-state index in [9.17, 15) is 4.79 Å². The molecule has 0 spiro atoms. The van der Waals surface area contributed by atoms with Gasteiger partial charge in [-0.1, -0.05) is 41.4 Å². The molecular weight excluding hydrogens is 409 g/mol. The first-order valence-electron chi connectivity index (χ1n) is 9.29. The van der Waals surface area contributed by atoms with Crippen LogP contribution in [0, 0.1) is 6.92 Å². The number of benzene rings is 2. The summed E-state index contributed by atoms with van der Waals surface area (Å²) in [6, 6.07) is 14.7. The van der Waals surface area contributed by atoms with Gasteiger partial charge in [-0.2, -0.15) is 5.10 Å². The molecule has 0 saturated heterocycles. The minimum Gasteiger partial charge on any atom is -0.455 e. The van der Waals surface area contributed by atoms with Gasteiger partial charge in [0.1, 0.15) is 5.76 Å². The highest BCUT2D eigenvalue weighted by Gasteiger charge is 2.28. The Bertz CT molecular complexity index is 1090. The summed E-state index contributed by atoms with van der Waals surface area (Å²) in [7, 11) is 0. The van der Waals surface area contributed by atoms with E-state index in [-0.39, 0.29) is 11.7 Å². The smallest absolute Gasteiger partial charge is 0.291 e. The molecule has 148 valence electrons. The topological polar surface area (TPSA) is 66.6 Å². The number of para-hydroxylation sites is 1. The molecule has 5 nitrogen and oxygen atoms in total. The molecule has 2 N–H and O–H groups in total. The van der Waals surface area contributed by atoms with Crippen LogP contribution in [-0.2, 0) is 6.42 Å². The Hall–Kier alpha value is -2.76. The lowest BCUT2D eigenvalue weighted by atomic mass is 9.93. The lowest BCUT2D eigenvalue weighted by molar-refractivity contribution is 0.0994. The van der Waals surface area contributed by atoms with E-state index in [0.717, 1.165) is 47.5 Å². The zero-order chi connectivity index (χ0) is 20.4. The molecular formula is C22H19Cl2N3O2. The minimum atomic E-state index is -0.364. The van der Waals surface area contributed by atoms with Gasteiger partial charge in [-0.25, -0.2) is 0 Å². The van der Waals surface area contributed by atoms with Gasteiger partial charge in [0.2, 0.25) is 0 Å². The highest BCUT2D eigenvalue weighted by molar-refractivity contribution is 6.35. The van der Waals surface area contributed by atoms with E-state index in [2.05, 4.69) is 15.8 Å². The van der Waals surface area contributed by atoms with Gasteiger partial charge < -0.3 is 9.73 Å². The largest absolute Gasteiger partial charge is 0.455 e. The number of amides is 1. The van der Waals surface area contributed by atoms with Gasteiger partial charge in [0.25, 0.3) is 5.91 Å². The van der Waals surface area contributed by atoms with Gasteiger partial charge in [-0.05, 0) is 50.1 Å². The number of carbonyl (C=O) groups excluding carboxylic acids is 1. The SMILES string of the molecule is Cc1c(C(=O)Nc2cc(Cl)ccc2Cl)oc2c1/C(=N/Nc1ccccc1)CCC2. The van der Waals surface area contributed by atoms with Crippen LogP contribution < -0.4 is 10.7 Å². The Labute approximate surface area is 178 Å². The fourth-order valence-electron chi connectivity index (χ4n) is 3.41. The number of aryl methyl sites for hydroxylation is 1. The number of anilines is 2. The van der Waals surface area contributed by atoms with Crippen LogP contribution in [-0.4, -0.2) is 11.6 Å². The molecule has 0 bridgehead atoms. The number of nitrogens with one attached hydrogen (secondary N) is 2. The number of hydrazone groups is 1. The third-order valence-corrected chi connectivity index (χ3v) is 5.37. The number of hydrogen-bond donors (Lipinski definition) is 2. The van der Waals surface area contributed by atoms with Gasteiger partial charge in [0.15, 0.2) is 5.76 Å². The Balaban J connectivity index is 1.62. The van der Waals surface area contributed by atoms with Crippen molar-refractivity contribution in [2.45, 2.75) is 26.2 Å². The number of rotatable bonds is 4. The highest BCUT2D eigenvalue weighted by atomic mass is 35.5. The zero-order valence-corrected chi connectivity index (χ0v) is 17.3. The summed E-state index contributed by atoms with van der Waals surface area (Å²) in [5, 5.41) is 8.26. The average Bonchev–Trinajstić information content (AvgIpc) is 3.07. The van der Waals surface area contributed by atoms with Crippen LogP contribution >= 0.6 is 23.2 Å². The molecule has 3 aromatic rings. The summed E-state index contributed by atoms with van der Waals surface area (Å²) in [6.07, 6.45) is 2.50. The van der Waals surface area contributed by atoms with Crippen molar-refractivity contribution >= 4 is 46.2 Å². The Morgan fingerprint density at radius 3 is 2.69 bits per heavy atom. The number of halogens is 2. The average molecular weight is 428 g/mol. The van der Waals surface area contributed by atoms with Crippen molar-refractivity contribution in [2.75, 3.05) is 10.7 Å². The van der Waals surface area contributed by atoms with Crippen LogP contribution in [0.5, 0.6) is 0 Å². The summed E-state index contributed by atoms with van der Waals surface area (Å²) >= 11 is 12.2. The van der Waals surface area contributed by atoms with Crippen LogP contribution in [0.4, 0.5) is 11.4 Å². The molecule has 0 saturated carbocycles. The van der Waals surface area contributed by atoms with Gasteiger partial charge >= 0.3 is 0 Å². The molecule has 1 aliphatic rings. The van der Waals surface area contributed by atoms with E-state index in [1.54, 1.807) is 18.2 Å². The lowest BCUT2D eigenvalue weighted by Gasteiger charge is -2.13. The number of nitrogens with zero attached hydrogens (tertiary/aromatic N) is 1. The van der Waals surface area contributed by atoms with Crippen LogP contribution in [0.25, 0.3) is 0 Å². The summed E-state index contributed by atoms with van der Waals surface area (Å²) in [5.74, 6) is 0.682. The van der Waals surface area contributed by atoms with Crippen molar-refractivity contribution < 1.29 is 9.21 Å². The molecule has 0 atom stereocenters. The first-order chi connectivity index (χ1) is 14.0. The Kier molecular flexibility index (Phi) is 5.60. The van der Waals surface area contributed by atoms with E-state index in [4.69, 9.17) is 27.6 Å². The third-order valence-electron chi connectivity index (χ3n) is 4.80. The van der Waals surface area contributed by atoms with Gasteiger partial charge in [-0.15, -0.1) is 0 Å². The third kappa shape index (κ3) is 4.16. The fourth-order valence-corrected chi connectivity index (χ4v) is 3.75. The maximum Gasteiger partial charge on any atom is 0.291 e. The molecule has 2 aromatic carbocycles. The van der Waals surface area contributed by atoms with Gasteiger partial charge in [0.05, 0.1) is 22.1 Å². The predicted molar refractivity (Wildman–Crippen MR) is 117 cm³/mol. The maximum atomic E-state index is 12.8. The standard InChI is InChI=1S/C22H19Cl2N3O2/c1-13-20-17(27-26-15-6-3-2-4-7-15)8-5-9-19(20)29-21(13)22(28)25-18-12-14(23)10-11-16(18)24/h2-4,6-7,10-12,26H,5,8-9H2,1H3,(H,25,28)/b27-17+. The van der Waals surface area contributed by atoms with Crippen LogP contribution in [0.15, 0.2) is 58.0 Å². The van der Waals surface area contributed by atoms with E-state index in [0.29, 0.717) is 15.7 Å². The van der Waals surface area contributed by atoms with Crippen molar-refractivity contribution in [3.05, 3.63) is 81.2 Å². The first kappa shape index (κ1) is 19.6. The predicted octanol–water partition coefficient (Wildman–Crippen LogP) is 6.30. The van der Waals surface area contributed by atoms with Crippen molar-refractivity contribution in [3.8, 4) is 0 Å². The minimum absolute atomic E-state index is 0.264. The molecule has 0 fully saturated rings. The molecule has 1 aromatic heterocycles. The number of hydrogen-bond acceptors (Lipinski definition) is 4. The number of fused-ring (bicyclic) bond motifs is 1. The van der Waals surface area contributed by atoms with Crippen LogP contribution in [0.1, 0.15) is 40.3 Å². The summed E-state index contributed by atoms with van der Waals surface area (Å²) < 4.78 is 5.93. The lowest BCUT2D eigenvalue weighted by Crippen LogP contribution is -2.14. The molecule has 1 amide bonds. The zero-order valence-electron chi connectivity index (χ0n) is 15.8. The normalized spacial score (nSPS) is 14.5. The molecule has 1 aliphatic carbocycles. The summed E-state index contributed by atoms with van der Waals surface area (Å²) in [4.78, 5) is 12.8. The van der Waals surface area contributed by atoms with Crippen molar-refractivity contribution in [2.24, 2.45) is 5.10 Å². The molecule has 0 aliphatic heterocycles. The van der Waals surface area contributed by atoms with Crippen molar-refractivity contribution in [3.63, 3.8) is 0 Å². The van der Waals surface area contributed by atoms with Crippen LogP contribution in [0.2, 0.25) is 10.0 Å².